The molecule has 0 spiro atoms. The molecule has 0 bridgehead atoms. The highest BCUT2D eigenvalue weighted by atomic mass is 16.6. The number of rotatable bonds is 4. The van der Waals surface area contributed by atoms with Crippen molar-refractivity contribution in [3.8, 4) is 11.4 Å². The van der Waals surface area contributed by atoms with Gasteiger partial charge in [-0.3, -0.25) is 4.90 Å². The lowest BCUT2D eigenvalue weighted by Crippen LogP contribution is -2.55. The average Bonchev–Trinajstić information content (AvgIpc) is 3.33. The van der Waals surface area contributed by atoms with Crippen molar-refractivity contribution in [1.29, 1.82) is 0 Å². The Balaban J connectivity index is 1.33. The number of aromatic nitrogens is 2. The van der Waals surface area contributed by atoms with Crippen molar-refractivity contribution in [2.24, 2.45) is 0 Å². The first-order chi connectivity index (χ1) is 13.1. The van der Waals surface area contributed by atoms with Crippen molar-refractivity contribution in [1.82, 2.24) is 24.9 Å². The van der Waals surface area contributed by atoms with Crippen molar-refractivity contribution < 1.29 is 19.1 Å². The number of fused-ring (bicyclic) bond motifs is 1. The normalized spacial score (nSPS) is 18.9. The number of nitrogens with zero attached hydrogens (tertiary/aromatic N) is 4. The third kappa shape index (κ3) is 3.53. The van der Waals surface area contributed by atoms with E-state index in [9.17, 15) is 9.59 Å². The maximum Gasteiger partial charge on any atom is 0.410 e. The number of cyclic esters (lactones) is 1. The molecule has 1 atom stereocenters. The molecule has 3 heterocycles. The van der Waals surface area contributed by atoms with Crippen LogP contribution in [0.15, 0.2) is 36.7 Å². The van der Waals surface area contributed by atoms with Crippen LogP contribution in [0.3, 0.4) is 0 Å². The number of nitrogens with one attached hydrogen (secondary N) is 1. The van der Waals surface area contributed by atoms with E-state index in [1.807, 2.05) is 30.5 Å². The summed E-state index contributed by atoms with van der Waals surface area (Å²) in [5, 5.41) is 7.25. The molecule has 27 heavy (non-hydrogen) atoms. The van der Waals surface area contributed by atoms with Crippen LogP contribution < -0.4 is 10.1 Å². The van der Waals surface area contributed by atoms with E-state index in [0.717, 1.165) is 17.0 Å². The van der Waals surface area contributed by atoms with E-state index < -0.39 is 0 Å². The molecule has 3 amide bonds. The van der Waals surface area contributed by atoms with E-state index in [4.69, 9.17) is 9.47 Å². The van der Waals surface area contributed by atoms with Crippen molar-refractivity contribution in [2.45, 2.75) is 12.6 Å². The molecular formula is C18H21N5O4. The van der Waals surface area contributed by atoms with Gasteiger partial charge in [0.25, 0.3) is 0 Å². The topological polar surface area (TPSA) is 88.9 Å². The highest BCUT2D eigenvalue weighted by Crippen LogP contribution is 2.18. The largest absolute Gasteiger partial charge is 0.497 e. The molecule has 2 saturated heterocycles. The summed E-state index contributed by atoms with van der Waals surface area (Å²) in [6.07, 6.45) is 3.31. The molecule has 2 fully saturated rings. The Morgan fingerprint density at radius 3 is 3.15 bits per heavy atom. The van der Waals surface area contributed by atoms with Gasteiger partial charge in [0, 0.05) is 44.0 Å². The lowest BCUT2D eigenvalue weighted by atomic mass is 10.2. The summed E-state index contributed by atoms with van der Waals surface area (Å²) in [6.45, 7) is 2.21. The number of urea groups is 1. The Morgan fingerprint density at radius 2 is 2.30 bits per heavy atom. The maximum atomic E-state index is 12.4. The molecule has 0 aliphatic carbocycles. The van der Waals surface area contributed by atoms with Crippen LogP contribution in [-0.4, -0.2) is 71.1 Å². The minimum atomic E-state index is -0.287. The minimum absolute atomic E-state index is 0.0483. The van der Waals surface area contributed by atoms with Gasteiger partial charge >= 0.3 is 12.1 Å². The maximum absolute atomic E-state index is 12.4. The first kappa shape index (κ1) is 17.2. The minimum Gasteiger partial charge on any atom is -0.497 e. The molecule has 0 unspecified atom stereocenters. The number of ether oxygens (including phenoxy) is 2. The molecule has 2 aliphatic rings. The van der Waals surface area contributed by atoms with Crippen LogP contribution in [-0.2, 0) is 11.3 Å². The van der Waals surface area contributed by atoms with Gasteiger partial charge in [0.2, 0.25) is 0 Å². The van der Waals surface area contributed by atoms with Gasteiger partial charge in [0.1, 0.15) is 12.4 Å². The molecule has 9 nitrogen and oxygen atoms in total. The fourth-order valence-corrected chi connectivity index (χ4v) is 3.31. The fourth-order valence-electron chi connectivity index (χ4n) is 3.31. The Hall–Kier alpha value is -3.23. The van der Waals surface area contributed by atoms with Crippen LogP contribution in [0.2, 0.25) is 0 Å². The number of amides is 3. The molecule has 1 aromatic heterocycles. The van der Waals surface area contributed by atoms with E-state index in [-0.39, 0.29) is 18.2 Å². The highest BCUT2D eigenvalue weighted by molar-refractivity contribution is 5.75. The van der Waals surface area contributed by atoms with Gasteiger partial charge in [-0.15, -0.1) is 0 Å². The van der Waals surface area contributed by atoms with Crippen molar-refractivity contribution in [3.63, 3.8) is 0 Å². The summed E-state index contributed by atoms with van der Waals surface area (Å²) in [6, 6.07) is 7.39. The van der Waals surface area contributed by atoms with Crippen LogP contribution in [0.4, 0.5) is 9.59 Å². The smallest absolute Gasteiger partial charge is 0.410 e. The van der Waals surface area contributed by atoms with Crippen molar-refractivity contribution in [2.75, 3.05) is 33.4 Å². The second-order valence-corrected chi connectivity index (χ2v) is 6.52. The fraction of sp³-hybridized carbons (Fsp3) is 0.389. The summed E-state index contributed by atoms with van der Waals surface area (Å²) >= 11 is 0. The Labute approximate surface area is 156 Å². The van der Waals surface area contributed by atoms with Gasteiger partial charge in [0.15, 0.2) is 0 Å². The SMILES string of the molecule is COc1cccc(-n2cc(CNC(=O)N3CCN4C(=O)OC[C@@H]4C3)cn2)c1. The van der Waals surface area contributed by atoms with E-state index in [1.165, 1.54) is 0 Å². The standard InChI is InChI=1S/C18H21N5O4/c1-26-16-4-2-3-14(7-16)23-10-13(9-20-23)8-19-17(24)21-5-6-22-15(11-21)12-27-18(22)25/h2-4,7,9-10,15H,5-6,8,11-12H2,1H3,(H,19,24)/t15-/m0/s1. The molecule has 0 saturated carbocycles. The average molecular weight is 371 g/mol. The van der Waals surface area contributed by atoms with E-state index >= 15 is 0 Å². The summed E-state index contributed by atoms with van der Waals surface area (Å²) in [7, 11) is 1.62. The summed E-state index contributed by atoms with van der Waals surface area (Å²) in [4.78, 5) is 27.4. The zero-order chi connectivity index (χ0) is 18.8. The van der Waals surface area contributed by atoms with Gasteiger partial charge in [-0.05, 0) is 12.1 Å². The summed E-state index contributed by atoms with van der Waals surface area (Å²) < 4.78 is 12.0. The lowest BCUT2D eigenvalue weighted by Gasteiger charge is -2.35. The molecule has 2 aliphatic heterocycles. The number of hydrogen-bond donors (Lipinski definition) is 1. The quantitative estimate of drug-likeness (QED) is 0.873. The molecular weight excluding hydrogens is 350 g/mol. The zero-order valence-corrected chi connectivity index (χ0v) is 15.0. The second kappa shape index (κ2) is 7.18. The van der Waals surface area contributed by atoms with E-state index in [0.29, 0.717) is 32.8 Å². The molecule has 1 aromatic carbocycles. The Bertz CT molecular complexity index is 852. The number of benzene rings is 1. The zero-order valence-electron chi connectivity index (χ0n) is 15.0. The molecule has 2 aromatic rings. The van der Waals surface area contributed by atoms with Crippen LogP contribution in [0.5, 0.6) is 5.75 Å². The van der Waals surface area contributed by atoms with Crippen LogP contribution in [0, 0.1) is 0 Å². The summed E-state index contributed by atoms with van der Waals surface area (Å²) in [5.41, 5.74) is 1.78. The van der Waals surface area contributed by atoms with Gasteiger partial charge in [-0.1, -0.05) is 6.07 Å². The molecule has 0 radical (unpaired) electrons. The number of methoxy groups -OCH3 is 1. The van der Waals surface area contributed by atoms with Crippen LogP contribution >= 0.6 is 0 Å². The van der Waals surface area contributed by atoms with Crippen molar-refractivity contribution in [3.05, 3.63) is 42.2 Å². The third-order valence-corrected chi connectivity index (χ3v) is 4.80. The second-order valence-electron chi connectivity index (χ2n) is 6.52. The predicted octanol–water partition coefficient (Wildman–Crippen LogP) is 1.23. The number of hydrogen-bond acceptors (Lipinski definition) is 5. The molecule has 142 valence electrons. The number of carbonyl (C=O) groups is 2. The first-order valence-electron chi connectivity index (χ1n) is 8.78. The summed E-state index contributed by atoms with van der Waals surface area (Å²) in [5.74, 6) is 0.756. The monoisotopic (exact) mass is 371 g/mol. The predicted molar refractivity (Wildman–Crippen MR) is 95.8 cm³/mol. The molecule has 1 N–H and O–H groups in total. The van der Waals surface area contributed by atoms with Crippen LogP contribution in [0.25, 0.3) is 5.69 Å². The van der Waals surface area contributed by atoms with Gasteiger partial charge in [0.05, 0.1) is 25.0 Å². The molecule has 9 heteroatoms. The Morgan fingerprint density at radius 1 is 1.41 bits per heavy atom. The van der Waals surface area contributed by atoms with Gasteiger partial charge in [-0.25, -0.2) is 14.3 Å². The number of carbonyl (C=O) groups excluding carboxylic acids is 2. The van der Waals surface area contributed by atoms with Crippen molar-refractivity contribution >= 4 is 12.1 Å². The highest BCUT2D eigenvalue weighted by Gasteiger charge is 2.38. The molecule has 4 rings (SSSR count). The Kier molecular flexibility index (Phi) is 4.57. The first-order valence-corrected chi connectivity index (χ1v) is 8.78. The lowest BCUT2D eigenvalue weighted by molar-refractivity contribution is 0.127. The van der Waals surface area contributed by atoms with E-state index in [2.05, 4.69) is 10.4 Å². The number of piperazine rings is 1. The van der Waals surface area contributed by atoms with Crippen LogP contribution in [0.1, 0.15) is 5.56 Å². The van der Waals surface area contributed by atoms with Gasteiger partial charge in [-0.2, -0.15) is 5.10 Å². The van der Waals surface area contributed by atoms with E-state index in [1.54, 1.807) is 27.8 Å². The third-order valence-electron chi connectivity index (χ3n) is 4.80. The van der Waals surface area contributed by atoms with Gasteiger partial charge < -0.3 is 19.7 Å².